The number of fused-ring (bicyclic) bond motifs is 1. The Kier molecular flexibility index (Phi) is 7.08. The summed E-state index contributed by atoms with van der Waals surface area (Å²) in [6.45, 7) is 6.74. The van der Waals surface area contributed by atoms with E-state index in [0.29, 0.717) is 11.3 Å². The van der Waals surface area contributed by atoms with Crippen LogP contribution in [-0.4, -0.2) is 35.3 Å². The molecule has 1 aliphatic rings. The molecule has 9 heteroatoms. The number of nitrogens with zero attached hydrogens (tertiary/aromatic N) is 1. The van der Waals surface area contributed by atoms with Gasteiger partial charge in [-0.3, -0.25) is 4.79 Å². The predicted octanol–water partition coefficient (Wildman–Crippen LogP) is 4.74. The number of nitrogens with one attached hydrogen (secondary N) is 2. The molecule has 0 radical (unpaired) electrons. The Morgan fingerprint density at radius 2 is 1.75 bits per heavy atom. The fraction of sp³-hybridized carbons (Fsp3) is 0.348. The minimum atomic E-state index is -1.60. The fourth-order valence-electron chi connectivity index (χ4n) is 3.60. The Balaban J connectivity index is 2.16. The van der Waals surface area contributed by atoms with E-state index in [1.807, 2.05) is 24.3 Å². The Bertz CT molecular complexity index is 1030. The average molecular weight is 504 g/mol. The molecule has 32 heavy (non-hydrogen) atoms. The average Bonchev–Trinajstić information content (AvgIpc) is 2.97. The van der Waals surface area contributed by atoms with Crippen LogP contribution in [0, 0.1) is 0 Å². The van der Waals surface area contributed by atoms with E-state index in [9.17, 15) is 14.4 Å². The second-order valence-electron chi connectivity index (χ2n) is 8.00. The van der Waals surface area contributed by atoms with E-state index in [-0.39, 0.29) is 6.42 Å². The van der Waals surface area contributed by atoms with Crippen molar-refractivity contribution in [1.82, 2.24) is 10.4 Å². The van der Waals surface area contributed by atoms with Crippen LogP contribution < -0.4 is 10.7 Å². The fourth-order valence-corrected chi connectivity index (χ4v) is 4.05. The summed E-state index contributed by atoms with van der Waals surface area (Å²) in [6.07, 6.45) is -2.56. The summed E-state index contributed by atoms with van der Waals surface area (Å²) in [5.74, 6) is -0.468. The number of hydrazine groups is 1. The van der Waals surface area contributed by atoms with Gasteiger partial charge in [0.05, 0.1) is 12.2 Å². The summed E-state index contributed by atoms with van der Waals surface area (Å²) >= 11 is 3.45. The largest absolute Gasteiger partial charge is 0.446 e. The number of anilines is 1. The molecule has 1 aliphatic heterocycles. The van der Waals surface area contributed by atoms with E-state index in [0.717, 1.165) is 15.0 Å². The van der Waals surface area contributed by atoms with Gasteiger partial charge in [-0.2, -0.15) is 5.01 Å². The van der Waals surface area contributed by atoms with Gasteiger partial charge in [-0.25, -0.2) is 15.0 Å². The first kappa shape index (κ1) is 23.6. The van der Waals surface area contributed by atoms with Crippen LogP contribution in [0.4, 0.5) is 15.3 Å². The van der Waals surface area contributed by atoms with Crippen molar-refractivity contribution in [3.05, 3.63) is 64.1 Å². The van der Waals surface area contributed by atoms with Gasteiger partial charge < -0.3 is 14.8 Å². The van der Waals surface area contributed by atoms with Crippen LogP contribution in [0.5, 0.6) is 0 Å². The van der Waals surface area contributed by atoms with Gasteiger partial charge in [0.25, 0.3) is 5.91 Å². The van der Waals surface area contributed by atoms with Gasteiger partial charge in [-0.15, -0.1) is 0 Å². The first-order chi connectivity index (χ1) is 15.1. The van der Waals surface area contributed by atoms with Crippen molar-refractivity contribution in [3.8, 4) is 0 Å². The number of amides is 3. The number of hydrogen-bond donors (Lipinski definition) is 2. The second-order valence-corrected chi connectivity index (χ2v) is 8.92. The van der Waals surface area contributed by atoms with Gasteiger partial charge in [0.1, 0.15) is 0 Å². The van der Waals surface area contributed by atoms with Crippen LogP contribution in [0.25, 0.3) is 0 Å². The highest BCUT2D eigenvalue weighted by Gasteiger charge is 2.55. The first-order valence-electron chi connectivity index (χ1n) is 10.3. The molecule has 0 bridgehead atoms. The number of ether oxygens (including phenoxy) is 2. The third-order valence-corrected chi connectivity index (χ3v) is 5.29. The van der Waals surface area contributed by atoms with E-state index >= 15 is 0 Å². The molecule has 3 amide bonds. The summed E-state index contributed by atoms with van der Waals surface area (Å²) in [5.41, 5.74) is 2.73. The van der Waals surface area contributed by atoms with E-state index in [1.54, 1.807) is 52.0 Å². The lowest BCUT2D eigenvalue weighted by Crippen LogP contribution is -2.62. The SMILES string of the molecule is CC(C)OC(=O)NN(C(=O)OC(C)C)C1(Cc2cccc(Br)c2)C(=O)Nc2ccccc21. The molecule has 0 spiro atoms. The van der Waals surface area contributed by atoms with Crippen molar-refractivity contribution in [2.75, 3.05) is 5.32 Å². The predicted molar refractivity (Wildman–Crippen MR) is 123 cm³/mol. The van der Waals surface area contributed by atoms with Crippen LogP contribution >= 0.6 is 15.9 Å². The lowest BCUT2D eigenvalue weighted by Gasteiger charge is -2.38. The van der Waals surface area contributed by atoms with Gasteiger partial charge >= 0.3 is 12.2 Å². The van der Waals surface area contributed by atoms with Crippen LogP contribution in [0.1, 0.15) is 38.8 Å². The van der Waals surface area contributed by atoms with Crippen LogP contribution in [-0.2, 0) is 26.2 Å². The first-order valence-corrected chi connectivity index (χ1v) is 11.1. The molecule has 1 unspecified atom stereocenters. The highest BCUT2D eigenvalue weighted by molar-refractivity contribution is 9.10. The minimum Gasteiger partial charge on any atom is -0.446 e. The summed E-state index contributed by atoms with van der Waals surface area (Å²) in [6, 6.07) is 14.4. The molecule has 0 fully saturated rings. The van der Waals surface area contributed by atoms with Gasteiger partial charge in [-0.1, -0.05) is 46.3 Å². The van der Waals surface area contributed by atoms with E-state index in [2.05, 4.69) is 26.7 Å². The van der Waals surface area contributed by atoms with E-state index < -0.39 is 35.8 Å². The molecule has 1 atom stereocenters. The van der Waals surface area contributed by atoms with Crippen LogP contribution in [0.2, 0.25) is 0 Å². The van der Waals surface area contributed by atoms with Crippen molar-refractivity contribution in [2.24, 2.45) is 0 Å². The smallest absolute Gasteiger partial charge is 0.430 e. The van der Waals surface area contributed by atoms with E-state index in [1.165, 1.54) is 0 Å². The maximum absolute atomic E-state index is 13.5. The van der Waals surface area contributed by atoms with Crippen LogP contribution in [0.3, 0.4) is 0 Å². The number of para-hydroxylation sites is 1. The number of hydrogen-bond acceptors (Lipinski definition) is 5. The monoisotopic (exact) mass is 503 g/mol. The molecule has 170 valence electrons. The normalized spacial score (nSPS) is 17.0. The zero-order valence-electron chi connectivity index (χ0n) is 18.3. The third kappa shape index (κ3) is 4.88. The molecule has 0 aromatic heterocycles. The molecule has 0 saturated carbocycles. The standard InChI is InChI=1S/C23H26BrN3O5/c1-14(2)31-21(29)26-27(22(30)32-15(3)4)23(13-16-8-7-9-17(24)12-16)18-10-5-6-11-19(18)25-20(23)28/h5-12,14-15H,13H2,1-4H3,(H,25,28)(H,26,29). The highest BCUT2D eigenvalue weighted by Crippen LogP contribution is 2.43. The molecule has 2 aromatic rings. The van der Waals surface area contributed by atoms with Crippen LogP contribution in [0.15, 0.2) is 53.0 Å². The van der Waals surface area contributed by atoms with Crippen molar-refractivity contribution in [3.63, 3.8) is 0 Å². The highest BCUT2D eigenvalue weighted by atomic mass is 79.9. The zero-order valence-corrected chi connectivity index (χ0v) is 19.9. The number of rotatable bonds is 5. The molecular weight excluding hydrogens is 478 g/mol. The Morgan fingerprint density at radius 3 is 2.41 bits per heavy atom. The maximum Gasteiger partial charge on any atom is 0.430 e. The number of benzene rings is 2. The minimum absolute atomic E-state index is 0.0877. The number of halogens is 1. The summed E-state index contributed by atoms with van der Waals surface area (Å²) in [4.78, 5) is 39.3. The lowest BCUT2D eigenvalue weighted by molar-refractivity contribution is -0.129. The lowest BCUT2D eigenvalue weighted by atomic mass is 9.84. The molecule has 2 N–H and O–H groups in total. The van der Waals surface area contributed by atoms with Gasteiger partial charge in [0.2, 0.25) is 0 Å². The van der Waals surface area contributed by atoms with Crippen molar-refractivity contribution in [2.45, 2.75) is 51.9 Å². The van der Waals surface area contributed by atoms with Crippen molar-refractivity contribution in [1.29, 1.82) is 0 Å². The van der Waals surface area contributed by atoms with E-state index in [4.69, 9.17) is 9.47 Å². The molecule has 0 saturated heterocycles. The Morgan fingerprint density at radius 1 is 1.06 bits per heavy atom. The molecule has 0 aliphatic carbocycles. The molecule has 1 heterocycles. The van der Waals surface area contributed by atoms with Gasteiger partial charge in [-0.05, 0) is 51.5 Å². The molecule has 3 rings (SSSR count). The van der Waals surface area contributed by atoms with Gasteiger partial charge in [0, 0.05) is 22.1 Å². The summed E-state index contributed by atoms with van der Waals surface area (Å²) in [7, 11) is 0. The van der Waals surface area contributed by atoms with Gasteiger partial charge in [0.15, 0.2) is 5.54 Å². The number of carbonyl (C=O) groups is 3. The Hall–Kier alpha value is -3.07. The molecule has 8 nitrogen and oxygen atoms in total. The number of carbonyl (C=O) groups excluding carboxylic acids is 3. The molecule has 2 aromatic carbocycles. The molecular formula is C23H26BrN3O5. The Labute approximate surface area is 195 Å². The third-order valence-electron chi connectivity index (χ3n) is 4.79. The second kappa shape index (κ2) is 9.60. The van der Waals surface area contributed by atoms with Crippen molar-refractivity contribution < 1.29 is 23.9 Å². The summed E-state index contributed by atoms with van der Waals surface area (Å²) in [5, 5.41) is 3.78. The zero-order chi connectivity index (χ0) is 23.5. The maximum atomic E-state index is 13.5. The van der Waals surface area contributed by atoms with Crippen molar-refractivity contribution >= 4 is 39.7 Å². The summed E-state index contributed by atoms with van der Waals surface area (Å²) < 4.78 is 11.4. The quantitative estimate of drug-likeness (QED) is 0.574. The topological polar surface area (TPSA) is 97.0 Å².